The Morgan fingerprint density at radius 1 is 1.42 bits per heavy atom. The molecule has 0 atom stereocenters. The SMILES string of the molecule is C/C=C(C)\C=N/NF.CC.[CH3-].[Y]. The van der Waals surface area contributed by atoms with Crippen molar-refractivity contribution in [2.45, 2.75) is 27.7 Å². The predicted molar refractivity (Wildman–Crippen MR) is 49.9 cm³/mol. The first-order valence-corrected chi connectivity index (χ1v) is 3.33. The maximum atomic E-state index is 11.0. The molecule has 0 spiro atoms. The molecular formula is C8H18FN2Y-. The fraction of sp³-hybridized carbons (Fsp3) is 0.500. The molecule has 0 unspecified atom stereocenters. The van der Waals surface area contributed by atoms with Gasteiger partial charge in [0.1, 0.15) is 0 Å². The van der Waals surface area contributed by atoms with Crippen LogP contribution in [0.4, 0.5) is 4.48 Å². The van der Waals surface area contributed by atoms with Gasteiger partial charge in [0.15, 0.2) is 0 Å². The van der Waals surface area contributed by atoms with Crippen LogP contribution in [-0.2, 0) is 32.7 Å². The molecule has 0 saturated carbocycles. The van der Waals surface area contributed by atoms with Gasteiger partial charge in [0.05, 0.1) is 6.21 Å². The summed E-state index contributed by atoms with van der Waals surface area (Å²) in [5.74, 6) is 0. The second-order valence-electron chi connectivity index (χ2n) is 1.38. The first kappa shape index (κ1) is 22.8. The van der Waals surface area contributed by atoms with Crippen LogP contribution in [0.1, 0.15) is 27.7 Å². The van der Waals surface area contributed by atoms with Crippen molar-refractivity contribution in [1.29, 1.82) is 0 Å². The molecule has 2 nitrogen and oxygen atoms in total. The van der Waals surface area contributed by atoms with Crippen LogP contribution in [0.3, 0.4) is 0 Å². The van der Waals surface area contributed by atoms with E-state index in [1.807, 2.05) is 33.8 Å². The van der Waals surface area contributed by atoms with E-state index in [2.05, 4.69) is 5.10 Å². The molecule has 0 bridgehead atoms. The molecule has 0 aromatic heterocycles. The average Bonchev–Trinajstić information content (AvgIpc) is 2.04. The maximum absolute atomic E-state index is 11.0. The number of hydrogen-bond donors (Lipinski definition) is 1. The Kier molecular flexibility index (Phi) is 42.7. The summed E-state index contributed by atoms with van der Waals surface area (Å²) in [4.78, 5) is 0. The zero-order chi connectivity index (χ0) is 8.41. The zero-order valence-corrected chi connectivity index (χ0v) is 11.4. The minimum absolute atomic E-state index is 0. The van der Waals surface area contributed by atoms with Gasteiger partial charge in [0.2, 0.25) is 0 Å². The first-order valence-electron chi connectivity index (χ1n) is 3.33. The summed E-state index contributed by atoms with van der Waals surface area (Å²) in [6, 6.07) is 0. The van der Waals surface area contributed by atoms with E-state index >= 15 is 0 Å². The van der Waals surface area contributed by atoms with Crippen molar-refractivity contribution in [2.24, 2.45) is 5.10 Å². The first-order chi connectivity index (χ1) is 4.81. The minimum atomic E-state index is 0. The standard InChI is InChI=1S/C5H9FN2.C2H6.CH3.Y/c1-3-5(2)4-7-8-6;1-2;;/h3-4,8H,1-2H3;1-2H3;1H3;/q;;-1;/b5-3-,7-4-;;;. The van der Waals surface area contributed by atoms with Crippen molar-refractivity contribution in [1.82, 2.24) is 5.65 Å². The second-order valence-corrected chi connectivity index (χ2v) is 1.38. The quantitative estimate of drug-likeness (QED) is 0.346. The van der Waals surface area contributed by atoms with E-state index in [0.717, 1.165) is 11.2 Å². The summed E-state index contributed by atoms with van der Waals surface area (Å²) in [5.41, 5.74) is 2.09. The molecule has 0 aliphatic heterocycles. The van der Waals surface area contributed by atoms with Crippen LogP contribution < -0.4 is 5.65 Å². The number of nitrogens with one attached hydrogen (secondary N) is 1. The molecule has 71 valence electrons. The Labute approximate surface area is 101 Å². The number of hydrogen-bond acceptors (Lipinski definition) is 2. The van der Waals surface area contributed by atoms with Crippen LogP contribution in [0, 0.1) is 7.43 Å². The van der Waals surface area contributed by atoms with Crippen LogP contribution in [-0.4, -0.2) is 6.21 Å². The Balaban J connectivity index is -0.0000000740. The van der Waals surface area contributed by atoms with E-state index in [1.165, 1.54) is 6.21 Å². The molecule has 0 fully saturated rings. The summed E-state index contributed by atoms with van der Waals surface area (Å²) in [7, 11) is 0. The summed E-state index contributed by atoms with van der Waals surface area (Å²) in [6.07, 6.45) is 3.24. The molecule has 1 radical (unpaired) electrons. The maximum Gasteiger partial charge on any atom is 0.0521 e. The third-order valence-electron chi connectivity index (χ3n) is 0.772. The van der Waals surface area contributed by atoms with Gasteiger partial charge in [-0.05, 0) is 19.4 Å². The van der Waals surface area contributed by atoms with E-state index in [0.29, 0.717) is 0 Å². The number of allylic oxidation sites excluding steroid dienone is 2. The van der Waals surface area contributed by atoms with E-state index in [-0.39, 0.29) is 40.1 Å². The topological polar surface area (TPSA) is 24.4 Å². The van der Waals surface area contributed by atoms with Crippen LogP contribution in [0.25, 0.3) is 0 Å². The molecule has 1 N–H and O–H groups in total. The normalized spacial score (nSPS) is 8.92. The summed E-state index contributed by atoms with van der Waals surface area (Å²) in [5, 5.41) is 3.13. The molecule has 0 aliphatic carbocycles. The van der Waals surface area contributed by atoms with E-state index in [9.17, 15) is 4.48 Å². The fourth-order valence-electron chi connectivity index (χ4n) is 0.201. The molecule has 0 heterocycles. The summed E-state index contributed by atoms with van der Waals surface area (Å²) >= 11 is 0. The Morgan fingerprint density at radius 2 is 1.83 bits per heavy atom. The van der Waals surface area contributed by atoms with Crippen molar-refractivity contribution in [3.8, 4) is 0 Å². The van der Waals surface area contributed by atoms with Gasteiger partial charge in [0, 0.05) is 32.7 Å². The van der Waals surface area contributed by atoms with Crippen molar-refractivity contribution >= 4 is 6.21 Å². The van der Waals surface area contributed by atoms with Gasteiger partial charge in [-0.2, -0.15) is 5.10 Å². The van der Waals surface area contributed by atoms with Gasteiger partial charge in [-0.15, -0.1) is 5.65 Å². The van der Waals surface area contributed by atoms with Gasteiger partial charge >= 0.3 is 0 Å². The van der Waals surface area contributed by atoms with Crippen molar-refractivity contribution in [3.63, 3.8) is 0 Å². The van der Waals surface area contributed by atoms with Gasteiger partial charge in [-0.3, -0.25) is 0 Å². The molecule has 0 saturated heterocycles. The molecule has 12 heavy (non-hydrogen) atoms. The van der Waals surface area contributed by atoms with Crippen LogP contribution in [0.5, 0.6) is 0 Å². The fourth-order valence-corrected chi connectivity index (χ4v) is 0.201. The van der Waals surface area contributed by atoms with Gasteiger partial charge in [-0.1, -0.05) is 24.4 Å². The van der Waals surface area contributed by atoms with Gasteiger partial charge < -0.3 is 7.43 Å². The van der Waals surface area contributed by atoms with Crippen LogP contribution in [0.15, 0.2) is 16.8 Å². The van der Waals surface area contributed by atoms with Crippen LogP contribution in [0.2, 0.25) is 0 Å². The molecule has 0 amide bonds. The van der Waals surface area contributed by atoms with Gasteiger partial charge in [-0.25, -0.2) is 0 Å². The van der Waals surface area contributed by atoms with Gasteiger partial charge in [0.25, 0.3) is 0 Å². The van der Waals surface area contributed by atoms with Crippen molar-refractivity contribution in [3.05, 3.63) is 19.1 Å². The third kappa shape index (κ3) is 22.5. The van der Waals surface area contributed by atoms with Crippen molar-refractivity contribution < 1.29 is 37.2 Å². The Hall–Kier alpha value is 0.244. The monoisotopic (exact) mass is 250 g/mol. The molecular weight excluding hydrogens is 232 g/mol. The molecule has 4 heteroatoms. The predicted octanol–water partition coefficient (Wildman–Crippen LogP) is 2.89. The second kappa shape index (κ2) is 22.5. The smallest absolute Gasteiger partial charge is 0.0521 e. The molecule has 0 aromatic rings. The number of halogens is 1. The third-order valence-corrected chi connectivity index (χ3v) is 0.772. The summed E-state index contributed by atoms with van der Waals surface area (Å²) < 4.78 is 11.0. The van der Waals surface area contributed by atoms with Crippen LogP contribution >= 0.6 is 0 Å². The largest absolute Gasteiger partial charge is 0.358 e. The van der Waals surface area contributed by atoms with E-state index in [1.54, 1.807) is 0 Å². The number of rotatable bonds is 2. The Bertz CT molecular complexity index is 114. The summed E-state index contributed by atoms with van der Waals surface area (Å²) in [6.45, 7) is 7.69. The van der Waals surface area contributed by atoms with Crippen molar-refractivity contribution in [2.75, 3.05) is 0 Å². The number of nitrogens with zero attached hydrogens (tertiary/aromatic N) is 1. The molecule has 0 rings (SSSR count). The average molecular weight is 250 g/mol. The molecule has 0 aromatic carbocycles. The molecule has 0 aliphatic rings. The minimum Gasteiger partial charge on any atom is -0.358 e. The zero-order valence-electron chi connectivity index (χ0n) is 8.56. The van der Waals surface area contributed by atoms with E-state index in [4.69, 9.17) is 0 Å². The Morgan fingerprint density at radius 3 is 2.08 bits per heavy atom. The van der Waals surface area contributed by atoms with E-state index < -0.39 is 0 Å². The number of hydrazone groups is 1.